The van der Waals surface area contributed by atoms with Crippen LogP contribution in [0.4, 0.5) is 5.69 Å². The highest BCUT2D eigenvalue weighted by Gasteiger charge is 2.08. The van der Waals surface area contributed by atoms with Crippen molar-refractivity contribution in [3.05, 3.63) is 24.3 Å². The summed E-state index contributed by atoms with van der Waals surface area (Å²) in [5, 5.41) is 3.23. The molecule has 100 valence electrons. The van der Waals surface area contributed by atoms with Gasteiger partial charge in [-0.15, -0.1) is 0 Å². The molecule has 1 N–H and O–H groups in total. The molecule has 0 aliphatic rings. The third-order valence-electron chi connectivity index (χ3n) is 2.44. The zero-order chi connectivity index (χ0) is 13.4. The Morgan fingerprint density at radius 3 is 2.56 bits per heavy atom. The zero-order valence-electron chi connectivity index (χ0n) is 11.2. The van der Waals surface area contributed by atoms with Crippen LogP contribution in [0.3, 0.4) is 0 Å². The Balaban J connectivity index is 2.45. The first-order valence-electron chi connectivity index (χ1n) is 6.22. The van der Waals surface area contributed by atoms with Gasteiger partial charge in [0, 0.05) is 11.7 Å². The minimum Gasteiger partial charge on any atom is -0.494 e. The maximum absolute atomic E-state index is 11.1. The topological polar surface area (TPSA) is 47.6 Å². The lowest BCUT2D eigenvalue weighted by atomic mass is 10.2. The number of esters is 1. The Bertz CT molecular complexity index is 362. The van der Waals surface area contributed by atoms with Gasteiger partial charge in [-0.05, 0) is 37.6 Å². The summed E-state index contributed by atoms with van der Waals surface area (Å²) < 4.78 is 10.1. The number of anilines is 1. The van der Waals surface area contributed by atoms with Crippen molar-refractivity contribution in [1.29, 1.82) is 0 Å². The van der Waals surface area contributed by atoms with Gasteiger partial charge in [-0.3, -0.25) is 4.79 Å². The van der Waals surface area contributed by atoms with Crippen molar-refractivity contribution in [2.75, 3.05) is 19.0 Å². The molecular formula is C14H21NO3. The second-order valence-corrected chi connectivity index (χ2v) is 4.20. The van der Waals surface area contributed by atoms with Gasteiger partial charge in [0.1, 0.15) is 5.75 Å². The predicted molar refractivity (Wildman–Crippen MR) is 71.9 cm³/mol. The van der Waals surface area contributed by atoms with Gasteiger partial charge < -0.3 is 14.8 Å². The number of benzene rings is 1. The first-order chi connectivity index (χ1) is 8.65. The Hall–Kier alpha value is -1.71. The Morgan fingerprint density at radius 2 is 2.00 bits per heavy atom. The molecule has 0 heterocycles. The fourth-order valence-electron chi connectivity index (χ4n) is 1.54. The largest absolute Gasteiger partial charge is 0.494 e. The van der Waals surface area contributed by atoms with Crippen molar-refractivity contribution in [3.8, 4) is 5.75 Å². The monoisotopic (exact) mass is 251 g/mol. The Kier molecular flexibility index (Phi) is 6.05. The Labute approximate surface area is 108 Å². The lowest BCUT2D eigenvalue weighted by molar-refractivity contribution is -0.140. The van der Waals surface area contributed by atoms with Crippen molar-refractivity contribution >= 4 is 11.7 Å². The molecule has 0 radical (unpaired) electrons. The maximum atomic E-state index is 11.1. The molecular weight excluding hydrogens is 230 g/mol. The first kappa shape index (κ1) is 14.4. The SMILES string of the molecule is CCCOc1ccc(NC(C)CC(=O)OC)cc1. The van der Waals surface area contributed by atoms with E-state index < -0.39 is 0 Å². The van der Waals surface area contributed by atoms with Crippen LogP contribution in [0.5, 0.6) is 5.75 Å². The van der Waals surface area contributed by atoms with Gasteiger partial charge in [-0.1, -0.05) is 6.92 Å². The van der Waals surface area contributed by atoms with Crippen molar-refractivity contribution in [3.63, 3.8) is 0 Å². The third kappa shape index (κ3) is 5.08. The van der Waals surface area contributed by atoms with Crippen LogP contribution in [0.1, 0.15) is 26.7 Å². The van der Waals surface area contributed by atoms with E-state index in [4.69, 9.17) is 4.74 Å². The molecule has 0 fully saturated rings. The minimum atomic E-state index is -0.210. The van der Waals surface area contributed by atoms with Crippen molar-refractivity contribution in [2.24, 2.45) is 0 Å². The van der Waals surface area contributed by atoms with E-state index in [1.165, 1.54) is 7.11 Å². The number of hydrogen-bond donors (Lipinski definition) is 1. The molecule has 4 heteroatoms. The lowest BCUT2D eigenvalue weighted by Gasteiger charge is -2.14. The maximum Gasteiger partial charge on any atom is 0.307 e. The molecule has 0 aliphatic heterocycles. The van der Waals surface area contributed by atoms with E-state index in [2.05, 4.69) is 17.0 Å². The summed E-state index contributed by atoms with van der Waals surface area (Å²) in [6.07, 6.45) is 1.35. The van der Waals surface area contributed by atoms with Crippen LogP contribution >= 0.6 is 0 Å². The van der Waals surface area contributed by atoms with Crippen molar-refractivity contribution < 1.29 is 14.3 Å². The normalized spacial score (nSPS) is 11.7. The minimum absolute atomic E-state index is 0.0415. The van der Waals surface area contributed by atoms with E-state index in [1.807, 2.05) is 31.2 Å². The molecule has 1 rings (SSSR count). The van der Waals surface area contributed by atoms with E-state index in [9.17, 15) is 4.79 Å². The van der Waals surface area contributed by atoms with Crippen LogP contribution in [0, 0.1) is 0 Å². The van der Waals surface area contributed by atoms with Gasteiger partial charge >= 0.3 is 5.97 Å². The van der Waals surface area contributed by atoms with Crippen molar-refractivity contribution in [2.45, 2.75) is 32.7 Å². The molecule has 4 nitrogen and oxygen atoms in total. The summed E-state index contributed by atoms with van der Waals surface area (Å²) in [5.74, 6) is 0.654. The first-order valence-corrected chi connectivity index (χ1v) is 6.22. The summed E-state index contributed by atoms with van der Waals surface area (Å²) in [6.45, 7) is 4.74. The lowest BCUT2D eigenvalue weighted by Crippen LogP contribution is -2.20. The van der Waals surface area contributed by atoms with Crippen LogP contribution in [-0.2, 0) is 9.53 Å². The standard InChI is InChI=1S/C14H21NO3/c1-4-9-18-13-7-5-12(6-8-13)15-11(2)10-14(16)17-3/h5-8,11,15H,4,9-10H2,1-3H3. The van der Waals surface area contributed by atoms with E-state index in [0.717, 1.165) is 24.5 Å². The fraction of sp³-hybridized carbons (Fsp3) is 0.500. The van der Waals surface area contributed by atoms with Crippen LogP contribution < -0.4 is 10.1 Å². The smallest absolute Gasteiger partial charge is 0.307 e. The number of ether oxygens (including phenoxy) is 2. The van der Waals surface area contributed by atoms with Gasteiger partial charge in [0.05, 0.1) is 20.1 Å². The number of nitrogens with one attached hydrogen (secondary N) is 1. The molecule has 0 saturated carbocycles. The molecule has 0 aromatic heterocycles. The zero-order valence-corrected chi connectivity index (χ0v) is 11.2. The highest BCUT2D eigenvalue weighted by atomic mass is 16.5. The number of rotatable bonds is 7. The van der Waals surface area contributed by atoms with Gasteiger partial charge in [0.15, 0.2) is 0 Å². The molecule has 1 unspecified atom stereocenters. The molecule has 0 saturated heterocycles. The Morgan fingerprint density at radius 1 is 1.33 bits per heavy atom. The number of methoxy groups -OCH3 is 1. The van der Waals surface area contributed by atoms with E-state index in [1.54, 1.807) is 0 Å². The van der Waals surface area contributed by atoms with Gasteiger partial charge in [0.2, 0.25) is 0 Å². The van der Waals surface area contributed by atoms with Gasteiger partial charge in [-0.2, -0.15) is 0 Å². The summed E-state index contributed by atoms with van der Waals surface area (Å²) in [4.78, 5) is 11.1. The van der Waals surface area contributed by atoms with Gasteiger partial charge in [-0.25, -0.2) is 0 Å². The molecule has 0 amide bonds. The molecule has 0 spiro atoms. The molecule has 1 atom stereocenters. The highest BCUT2D eigenvalue weighted by molar-refractivity contribution is 5.70. The fourth-order valence-corrected chi connectivity index (χ4v) is 1.54. The van der Waals surface area contributed by atoms with Crippen LogP contribution in [-0.4, -0.2) is 25.7 Å². The molecule has 1 aromatic rings. The molecule has 18 heavy (non-hydrogen) atoms. The van der Waals surface area contributed by atoms with Crippen molar-refractivity contribution in [1.82, 2.24) is 0 Å². The second-order valence-electron chi connectivity index (χ2n) is 4.20. The second kappa shape index (κ2) is 7.58. The van der Waals surface area contributed by atoms with Crippen LogP contribution in [0.15, 0.2) is 24.3 Å². The highest BCUT2D eigenvalue weighted by Crippen LogP contribution is 2.17. The van der Waals surface area contributed by atoms with E-state index in [0.29, 0.717) is 6.42 Å². The summed E-state index contributed by atoms with van der Waals surface area (Å²) in [6, 6.07) is 7.77. The number of carbonyl (C=O) groups excluding carboxylic acids is 1. The average molecular weight is 251 g/mol. The number of hydrogen-bond acceptors (Lipinski definition) is 4. The molecule has 0 bridgehead atoms. The van der Waals surface area contributed by atoms with Crippen LogP contribution in [0.2, 0.25) is 0 Å². The molecule has 0 aliphatic carbocycles. The van der Waals surface area contributed by atoms with E-state index >= 15 is 0 Å². The summed E-state index contributed by atoms with van der Waals surface area (Å²) >= 11 is 0. The van der Waals surface area contributed by atoms with Gasteiger partial charge in [0.25, 0.3) is 0 Å². The third-order valence-corrected chi connectivity index (χ3v) is 2.44. The summed E-state index contributed by atoms with van der Waals surface area (Å²) in [7, 11) is 1.40. The predicted octanol–water partition coefficient (Wildman–Crippen LogP) is 2.84. The average Bonchev–Trinajstić information content (AvgIpc) is 2.37. The quantitative estimate of drug-likeness (QED) is 0.757. The van der Waals surface area contributed by atoms with E-state index in [-0.39, 0.29) is 12.0 Å². The molecule has 1 aromatic carbocycles. The summed E-state index contributed by atoms with van der Waals surface area (Å²) in [5.41, 5.74) is 0.968. The number of carbonyl (C=O) groups is 1. The van der Waals surface area contributed by atoms with Crippen LogP contribution in [0.25, 0.3) is 0 Å².